The van der Waals surface area contributed by atoms with Crippen LogP contribution in [-0.2, 0) is 26.1 Å². The number of carbonyl (C=O) groups is 1. The van der Waals surface area contributed by atoms with Crippen molar-refractivity contribution in [2.45, 2.75) is 43.8 Å². The van der Waals surface area contributed by atoms with E-state index in [-0.39, 0.29) is 25.2 Å². The summed E-state index contributed by atoms with van der Waals surface area (Å²) < 4.78 is 36.4. The summed E-state index contributed by atoms with van der Waals surface area (Å²) in [6, 6.07) is 12.1. The molecule has 5 rings (SSSR count). The van der Waals surface area contributed by atoms with Crippen LogP contribution in [0.4, 0.5) is 5.82 Å². The zero-order chi connectivity index (χ0) is 31.4. The van der Waals surface area contributed by atoms with Gasteiger partial charge in [0.05, 0.1) is 24.3 Å². The van der Waals surface area contributed by atoms with Crippen LogP contribution in [0.1, 0.15) is 29.5 Å². The second-order valence-electron chi connectivity index (χ2n) is 11.1. The molecule has 0 saturated carbocycles. The number of carbonyl (C=O) groups excluding carboxylic acids is 1. The molecule has 0 bridgehead atoms. The van der Waals surface area contributed by atoms with Crippen molar-refractivity contribution in [3.8, 4) is 0 Å². The molecule has 0 spiro atoms. The maximum Gasteiger partial charge on any atom is 0.225 e. The first-order chi connectivity index (χ1) is 21.1. The number of anilines is 1. The first-order valence-corrected chi connectivity index (χ1v) is 17.1. The zero-order valence-electron chi connectivity index (χ0n) is 24.7. The van der Waals surface area contributed by atoms with Crippen LogP contribution in [0.25, 0.3) is 21.0 Å². The third-order valence-corrected chi connectivity index (χ3v) is 11.4. The smallest absolute Gasteiger partial charge is 0.225 e. The number of ether oxygens (including phenoxy) is 1. The van der Waals surface area contributed by atoms with E-state index in [0.29, 0.717) is 47.5 Å². The summed E-state index contributed by atoms with van der Waals surface area (Å²) in [4.78, 5) is 23.7. The average molecular weight is 657 g/mol. The van der Waals surface area contributed by atoms with Crippen LogP contribution < -0.4 is 11.1 Å². The Morgan fingerprint density at radius 1 is 1.20 bits per heavy atom. The molecule has 10 nitrogen and oxygen atoms in total. The van der Waals surface area contributed by atoms with Crippen LogP contribution in [-0.4, -0.2) is 84.9 Å². The summed E-state index contributed by atoms with van der Waals surface area (Å²) in [6.07, 6.45) is 3.83. The van der Waals surface area contributed by atoms with Gasteiger partial charge >= 0.3 is 0 Å². The fraction of sp³-hybridized carbons (Fsp3) is 0.387. The third-order valence-electron chi connectivity index (χ3n) is 7.74. The number of nitrogens with two attached hydrogens (primary N) is 1. The van der Waals surface area contributed by atoms with Crippen molar-refractivity contribution < 1.29 is 17.9 Å². The number of nitrogens with one attached hydrogen (secondary N) is 1. The molecule has 0 amide bonds. The molecule has 13 heteroatoms. The Bertz CT molecular complexity index is 1750. The van der Waals surface area contributed by atoms with E-state index in [1.165, 1.54) is 28.0 Å². The summed E-state index contributed by atoms with van der Waals surface area (Å²) >= 11 is 7.56. The van der Waals surface area contributed by atoms with Gasteiger partial charge in [-0.2, -0.15) is 4.31 Å². The highest BCUT2D eigenvalue weighted by molar-refractivity contribution is 7.89. The van der Waals surface area contributed by atoms with Gasteiger partial charge in [-0.25, -0.2) is 18.4 Å². The van der Waals surface area contributed by atoms with E-state index in [0.717, 1.165) is 27.3 Å². The summed E-state index contributed by atoms with van der Waals surface area (Å²) in [7, 11) is -3.91. The highest BCUT2D eigenvalue weighted by Gasteiger charge is 2.42. The van der Waals surface area contributed by atoms with Crippen LogP contribution in [0.3, 0.4) is 0 Å². The molecule has 4 aromatic rings. The number of nitrogens with zero attached hydrogens (tertiary/aromatic N) is 4. The Morgan fingerprint density at radius 3 is 2.77 bits per heavy atom. The second kappa shape index (κ2) is 14.0. The Morgan fingerprint density at radius 2 is 2.02 bits per heavy atom. The van der Waals surface area contributed by atoms with Gasteiger partial charge in [0, 0.05) is 58.8 Å². The minimum atomic E-state index is -3.91. The van der Waals surface area contributed by atoms with E-state index >= 15 is 0 Å². The van der Waals surface area contributed by atoms with Crippen molar-refractivity contribution in [2.24, 2.45) is 0 Å². The lowest BCUT2D eigenvalue weighted by molar-refractivity contribution is -0.115. The van der Waals surface area contributed by atoms with Gasteiger partial charge < -0.3 is 20.6 Å². The lowest BCUT2D eigenvalue weighted by atomic mass is 10.0. The molecule has 1 aliphatic rings. The highest BCUT2D eigenvalue weighted by Crippen LogP contribution is 2.38. The SMILES string of the molecule is C=CC(c1cc2ccc(Cl)cc2s1)S(=O)(=O)N1CC(C=O)N(Cc2ccc3c(N)ncnc3c2)C(CNCCOC(C)C)C1. The molecule has 2 aromatic carbocycles. The number of sulfonamides is 1. The maximum absolute atomic E-state index is 14.2. The quantitative estimate of drug-likeness (QED) is 0.122. The third kappa shape index (κ3) is 7.12. The molecule has 0 aliphatic carbocycles. The van der Waals surface area contributed by atoms with Crippen LogP contribution in [0, 0.1) is 0 Å². The molecule has 234 valence electrons. The van der Waals surface area contributed by atoms with Gasteiger partial charge in [-0.15, -0.1) is 17.9 Å². The Labute approximate surface area is 266 Å². The van der Waals surface area contributed by atoms with Crippen LogP contribution >= 0.6 is 22.9 Å². The summed E-state index contributed by atoms with van der Waals surface area (Å²) in [6.45, 7) is 10.1. The molecule has 0 radical (unpaired) electrons. The Balaban J connectivity index is 1.42. The van der Waals surface area contributed by atoms with Crippen molar-refractivity contribution in [2.75, 3.05) is 38.5 Å². The lowest BCUT2D eigenvalue weighted by Crippen LogP contribution is -2.62. The largest absolute Gasteiger partial charge is 0.383 e. The molecular weight excluding hydrogens is 620 g/mol. The van der Waals surface area contributed by atoms with E-state index in [2.05, 4.69) is 26.8 Å². The van der Waals surface area contributed by atoms with Gasteiger partial charge in [0.2, 0.25) is 10.0 Å². The Kier molecular flexibility index (Phi) is 10.3. The minimum absolute atomic E-state index is 0.0303. The van der Waals surface area contributed by atoms with Crippen molar-refractivity contribution in [1.29, 1.82) is 0 Å². The van der Waals surface area contributed by atoms with Gasteiger partial charge in [-0.1, -0.05) is 29.8 Å². The number of benzene rings is 2. The van der Waals surface area contributed by atoms with Crippen LogP contribution in [0.15, 0.2) is 61.4 Å². The number of nitrogen functional groups attached to an aromatic ring is 1. The second-order valence-corrected chi connectivity index (χ2v) is 14.7. The van der Waals surface area contributed by atoms with Crippen LogP contribution in [0.5, 0.6) is 0 Å². The van der Waals surface area contributed by atoms with E-state index in [1.54, 1.807) is 6.07 Å². The average Bonchev–Trinajstić information content (AvgIpc) is 3.40. The lowest BCUT2D eigenvalue weighted by Gasteiger charge is -2.45. The van der Waals surface area contributed by atoms with E-state index in [1.807, 2.05) is 50.2 Å². The topological polar surface area (TPSA) is 131 Å². The standard InChI is InChI=1S/C31H37ClN6O4S2/c1-4-30(29-12-22-6-7-23(32)13-28(22)43-29)44(40,41)37-16-24(14-34-9-10-42-20(2)3)38(25(17-37)18-39)15-21-5-8-26-27(11-21)35-19-36-31(26)33/h4-8,11-13,18-20,24-25,30,34H,1,9-10,14-17H2,2-3H3,(H2,33,35,36). The summed E-state index contributed by atoms with van der Waals surface area (Å²) in [5, 5.41) is 4.70. The fourth-order valence-electron chi connectivity index (χ4n) is 5.53. The van der Waals surface area contributed by atoms with Crippen molar-refractivity contribution in [1.82, 2.24) is 24.5 Å². The molecule has 1 saturated heterocycles. The number of aromatic nitrogens is 2. The zero-order valence-corrected chi connectivity index (χ0v) is 27.1. The maximum atomic E-state index is 14.2. The molecule has 3 unspecified atom stereocenters. The van der Waals surface area contributed by atoms with Gasteiger partial charge in [0.15, 0.2) is 0 Å². The fourth-order valence-corrected chi connectivity index (χ4v) is 9.03. The van der Waals surface area contributed by atoms with E-state index in [4.69, 9.17) is 22.1 Å². The Hall–Kier alpha value is -2.97. The van der Waals surface area contributed by atoms with Crippen molar-refractivity contribution >= 4 is 66.1 Å². The predicted molar refractivity (Wildman–Crippen MR) is 177 cm³/mol. The molecular formula is C31H37ClN6O4S2. The first-order valence-electron chi connectivity index (χ1n) is 14.4. The monoisotopic (exact) mass is 656 g/mol. The summed E-state index contributed by atoms with van der Waals surface area (Å²) in [5.41, 5.74) is 7.65. The predicted octanol–water partition coefficient (Wildman–Crippen LogP) is 4.41. The van der Waals surface area contributed by atoms with Gasteiger partial charge in [-0.3, -0.25) is 4.90 Å². The molecule has 1 fully saturated rings. The first kappa shape index (κ1) is 32.4. The number of piperazine rings is 1. The molecule has 3 atom stereocenters. The van der Waals surface area contributed by atoms with Crippen molar-refractivity contribution in [3.63, 3.8) is 0 Å². The van der Waals surface area contributed by atoms with E-state index < -0.39 is 21.3 Å². The van der Waals surface area contributed by atoms with Crippen molar-refractivity contribution in [3.05, 3.63) is 76.9 Å². The van der Waals surface area contributed by atoms with E-state index in [9.17, 15) is 13.2 Å². The number of hydrogen-bond donors (Lipinski definition) is 2. The number of rotatable bonds is 13. The number of thiophene rings is 1. The number of halogens is 1. The van der Waals surface area contributed by atoms with Gasteiger partial charge in [-0.05, 0) is 55.1 Å². The van der Waals surface area contributed by atoms with Crippen LogP contribution in [0.2, 0.25) is 5.02 Å². The molecule has 2 aromatic heterocycles. The summed E-state index contributed by atoms with van der Waals surface area (Å²) in [5.74, 6) is 0.398. The molecule has 1 aliphatic heterocycles. The normalized spacial score (nSPS) is 19.1. The minimum Gasteiger partial charge on any atom is -0.383 e. The molecule has 3 N–H and O–H groups in total. The van der Waals surface area contributed by atoms with Gasteiger partial charge in [0.1, 0.15) is 23.7 Å². The molecule has 3 heterocycles. The number of hydrogen-bond acceptors (Lipinski definition) is 10. The van der Waals surface area contributed by atoms with Gasteiger partial charge in [0.25, 0.3) is 0 Å². The number of aldehydes is 1. The molecule has 44 heavy (non-hydrogen) atoms. The highest BCUT2D eigenvalue weighted by atomic mass is 35.5. The number of fused-ring (bicyclic) bond motifs is 2.